The number of carbonyl (C=O) groups is 1. The molecule has 21 heavy (non-hydrogen) atoms. The van der Waals surface area contributed by atoms with E-state index in [0.29, 0.717) is 11.4 Å². The van der Waals surface area contributed by atoms with Gasteiger partial charge in [-0.05, 0) is 26.8 Å². The molecule has 1 aromatic carbocycles. The van der Waals surface area contributed by atoms with Gasteiger partial charge in [0, 0.05) is 18.2 Å². The molecule has 0 aliphatic rings. The molecule has 0 spiro atoms. The molecule has 0 aromatic heterocycles. The molecule has 0 N–H and O–H groups in total. The van der Waals surface area contributed by atoms with Crippen molar-refractivity contribution in [1.29, 1.82) is 0 Å². The first-order valence-corrected chi connectivity index (χ1v) is 6.65. The van der Waals surface area contributed by atoms with E-state index in [-0.39, 0.29) is 24.9 Å². The van der Waals surface area contributed by atoms with Gasteiger partial charge in [0.05, 0.1) is 18.6 Å². The summed E-state index contributed by atoms with van der Waals surface area (Å²) in [5.41, 5.74) is 0.260. The van der Waals surface area contributed by atoms with Gasteiger partial charge in [0.15, 0.2) is 0 Å². The van der Waals surface area contributed by atoms with E-state index < -0.39 is 10.9 Å². The van der Waals surface area contributed by atoms with Crippen LogP contribution in [-0.2, 0) is 9.53 Å². The number of carbonyl (C=O) groups excluding carboxylic acids is 1. The normalized spacial score (nSPS) is 10.3. The fourth-order valence-electron chi connectivity index (χ4n) is 1.91. The Morgan fingerprint density at radius 1 is 1.43 bits per heavy atom. The molecular weight excluding hydrogens is 276 g/mol. The topological polar surface area (TPSA) is 81.9 Å². The second-order valence-corrected chi connectivity index (χ2v) is 4.64. The minimum atomic E-state index is -0.477. The van der Waals surface area contributed by atoms with Gasteiger partial charge in [-0.15, -0.1) is 0 Å². The smallest absolute Gasteiger partial charge is 0.325 e. The standard InChI is InChI=1S/C14H20N2O5/c1-5-21-14(17)9-15(10(2)3)13-8-11(20-4)6-7-12(13)16(18)19/h6-8,10H,5,9H2,1-4H3. The van der Waals surface area contributed by atoms with Crippen LogP contribution in [0.5, 0.6) is 5.75 Å². The second kappa shape index (κ2) is 7.47. The highest BCUT2D eigenvalue weighted by Gasteiger charge is 2.24. The van der Waals surface area contributed by atoms with Gasteiger partial charge >= 0.3 is 5.97 Å². The lowest BCUT2D eigenvalue weighted by atomic mass is 10.2. The van der Waals surface area contributed by atoms with E-state index >= 15 is 0 Å². The molecule has 0 bridgehead atoms. The van der Waals surface area contributed by atoms with Crippen LogP contribution in [-0.4, -0.2) is 37.2 Å². The molecule has 0 amide bonds. The van der Waals surface area contributed by atoms with Crippen LogP contribution in [0.3, 0.4) is 0 Å². The molecule has 0 aliphatic carbocycles. The van der Waals surface area contributed by atoms with Crippen LogP contribution >= 0.6 is 0 Å². The van der Waals surface area contributed by atoms with Gasteiger partial charge in [0.1, 0.15) is 18.0 Å². The molecule has 7 nitrogen and oxygen atoms in total. The third-order valence-corrected chi connectivity index (χ3v) is 2.92. The number of rotatable bonds is 7. The van der Waals surface area contributed by atoms with E-state index in [4.69, 9.17) is 9.47 Å². The van der Waals surface area contributed by atoms with E-state index in [0.717, 1.165) is 0 Å². The summed E-state index contributed by atoms with van der Waals surface area (Å²) in [6.07, 6.45) is 0. The lowest BCUT2D eigenvalue weighted by Gasteiger charge is -2.27. The first kappa shape index (κ1) is 16.7. The average Bonchev–Trinajstić information content (AvgIpc) is 2.44. The number of ether oxygens (including phenoxy) is 2. The summed E-state index contributed by atoms with van der Waals surface area (Å²) >= 11 is 0. The number of nitrogens with zero attached hydrogens (tertiary/aromatic N) is 2. The molecule has 0 saturated carbocycles. The minimum Gasteiger partial charge on any atom is -0.497 e. The first-order chi connectivity index (χ1) is 9.90. The van der Waals surface area contributed by atoms with E-state index in [9.17, 15) is 14.9 Å². The summed E-state index contributed by atoms with van der Waals surface area (Å²) in [5, 5.41) is 11.2. The van der Waals surface area contributed by atoms with Crippen molar-refractivity contribution >= 4 is 17.3 Å². The van der Waals surface area contributed by atoms with Crippen LogP contribution in [0.2, 0.25) is 0 Å². The number of nitro benzene ring substituents is 1. The van der Waals surface area contributed by atoms with Gasteiger partial charge in [-0.3, -0.25) is 14.9 Å². The Morgan fingerprint density at radius 2 is 2.10 bits per heavy atom. The Balaban J connectivity index is 3.22. The van der Waals surface area contributed by atoms with E-state index in [1.807, 2.05) is 13.8 Å². The van der Waals surface area contributed by atoms with Gasteiger partial charge in [-0.25, -0.2) is 0 Å². The second-order valence-electron chi connectivity index (χ2n) is 4.64. The fraction of sp³-hybridized carbons (Fsp3) is 0.500. The van der Waals surface area contributed by atoms with Crippen molar-refractivity contribution in [3.63, 3.8) is 0 Å². The highest BCUT2D eigenvalue weighted by molar-refractivity contribution is 5.78. The zero-order valence-electron chi connectivity index (χ0n) is 12.7. The molecule has 0 atom stereocenters. The number of benzene rings is 1. The Hall–Kier alpha value is -2.31. The molecule has 1 aromatic rings. The van der Waals surface area contributed by atoms with E-state index in [1.165, 1.54) is 19.2 Å². The predicted octanol–water partition coefficient (Wildman–Crippen LogP) is 2.38. The molecule has 0 fully saturated rings. The van der Waals surface area contributed by atoms with Gasteiger partial charge in [0.25, 0.3) is 5.69 Å². The zero-order chi connectivity index (χ0) is 16.0. The van der Waals surface area contributed by atoms with E-state index in [2.05, 4.69) is 0 Å². The summed E-state index contributed by atoms with van der Waals surface area (Å²) in [7, 11) is 1.48. The molecule has 1 rings (SSSR count). The lowest BCUT2D eigenvalue weighted by molar-refractivity contribution is -0.384. The molecular formula is C14H20N2O5. The van der Waals surface area contributed by atoms with Crippen LogP contribution in [0.25, 0.3) is 0 Å². The highest BCUT2D eigenvalue weighted by atomic mass is 16.6. The third-order valence-electron chi connectivity index (χ3n) is 2.92. The van der Waals surface area contributed by atoms with Crippen LogP contribution in [0.4, 0.5) is 11.4 Å². The van der Waals surface area contributed by atoms with Crippen LogP contribution < -0.4 is 9.64 Å². The maximum atomic E-state index is 11.7. The highest BCUT2D eigenvalue weighted by Crippen LogP contribution is 2.33. The molecule has 7 heteroatoms. The zero-order valence-corrected chi connectivity index (χ0v) is 12.7. The third kappa shape index (κ3) is 4.34. The van der Waals surface area contributed by atoms with Crippen molar-refractivity contribution < 1.29 is 19.2 Å². The molecule has 116 valence electrons. The number of esters is 1. The summed E-state index contributed by atoms with van der Waals surface area (Å²) in [5.74, 6) is 0.0634. The minimum absolute atomic E-state index is 0.0560. The Kier molecular flexibility index (Phi) is 5.95. The maximum Gasteiger partial charge on any atom is 0.325 e. The maximum absolute atomic E-state index is 11.7. The van der Waals surface area contributed by atoms with Crippen molar-refractivity contribution in [3.8, 4) is 5.75 Å². The lowest BCUT2D eigenvalue weighted by Crippen LogP contribution is -2.37. The summed E-state index contributed by atoms with van der Waals surface area (Å²) in [6.45, 7) is 5.63. The molecule has 0 heterocycles. The van der Waals surface area contributed by atoms with Gasteiger partial charge in [-0.2, -0.15) is 0 Å². The monoisotopic (exact) mass is 296 g/mol. The number of hydrogen-bond acceptors (Lipinski definition) is 6. The average molecular weight is 296 g/mol. The summed E-state index contributed by atoms with van der Waals surface area (Å²) in [6, 6.07) is 4.33. The first-order valence-electron chi connectivity index (χ1n) is 6.65. The SMILES string of the molecule is CCOC(=O)CN(c1cc(OC)ccc1[N+](=O)[O-])C(C)C. The molecule has 0 saturated heterocycles. The summed E-state index contributed by atoms with van der Waals surface area (Å²) < 4.78 is 10.0. The van der Waals surface area contributed by atoms with Gasteiger partial charge in [-0.1, -0.05) is 0 Å². The number of nitro groups is 1. The fourth-order valence-corrected chi connectivity index (χ4v) is 1.91. The Morgan fingerprint density at radius 3 is 2.57 bits per heavy atom. The van der Waals surface area contributed by atoms with Crippen LogP contribution in [0, 0.1) is 10.1 Å². The van der Waals surface area contributed by atoms with E-state index in [1.54, 1.807) is 17.9 Å². The number of anilines is 1. The quantitative estimate of drug-likeness (QED) is 0.436. The summed E-state index contributed by atoms with van der Waals surface area (Å²) in [4.78, 5) is 24.0. The molecule has 0 aliphatic heterocycles. The van der Waals surface area contributed by atoms with Crippen molar-refractivity contribution in [2.24, 2.45) is 0 Å². The molecule has 0 unspecified atom stereocenters. The Labute approximate surface area is 123 Å². The van der Waals surface area contributed by atoms with Crippen LogP contribution in [0.15, 0.2) is 18.2 Å². The van der Waals surface area contributed by atoms with Gasteiger partial charge < -0.3 is 14.4 Å². The van der Waals surface area contributed by atoms with Crippen molar-refractivity contribution in [2.45, 2.75) is 26.8 Å². The number of methoxy groups -OCH3 is 1. The van der Waals surface area contributed by atoms with Crippen molar-refractivity contribution in [3.05, 3.63) is 28.3 Å². The van der Waals surface area contributed by atoms with Crippen molar-refractivity contribution in [1.82, 2.24) is 0 Å². The molecule has 0 radical (unpaired) electrons. The van der Waals surface area contributed by atoms with Gasteiger partial charge in [0.2, 0.25) is 0 Å². The Bertz CT molecular complexity index is 516. The van der Waals surface area contributed by atoms with Crippen LogP contribution in [0.1, 0.15) is 20.8 Å². The predicted molar refractivity (Wildman–Crippen MR) is 78.8 cm³/mol. The van der Waals surface area contributed by atoms with Crippen molar-refractivity contribution in [2.75, 3.05) is 25.2 Å². The number of hydrogen-bond donors (Lipinski definition) is 0. The largest absolute Gasteiger partial charge is 0.497 e.